The van der Waals surface area contributed by atoms with Crippen molar-refractivity contribution in [3.8, 4) is 0 Å². The Labute approximate surface area is 110 Å². The van der Waals surface area contributed by atoms with E-state index in [9.17, 15) is 4.79 Å². The number of hydrogen-bond acceptors (Lipinski definition) is 3. The minimum atomic E-state index is -0.658. The van der Waals surface area contributed by atoms with Crippen molar-refractivity contribution in [1.29, 1.82) is 0 Å². The Hall–Kier alpha value is -1.39. The van der Waals surface area contributed by atoms with Crippen molar-refractivity contribution >= 4 is 27.4 Å². The van der Waals surface area contributed by atoms with Gasteiger partial charge in [0, 0.05) is 22.7 Å². The maximum Gasteiger partial charge on any atom is 0.307 e. The molecule has 4 heteroatoms. The van der Waals surface area contributed by atoms with Crippen LogP contribution in [-0.2, 0) is 11.3 Å². The van der Waals surface area contributed by atoms with Crippen LogP contribution in [0.15, 0.2) is 30.3 Å². The van der Waals surface area contributed by atoms with Gasteiger partial charge in [-0.25, -0.2) is 0 Å². The number of carbonyl (C=O) groups is 1. The second-order valence-electron chi connectivity index (χ2n) is 4.81. The molecule has 1 aromatic carbocycles. The first-order chi connectivity index (χ1) is 8.72. The lowest BCUT2D eigenvalue weighted by Gasteiger charge is -2.13. The fourth-order valence-electron chi connectivity index (χ4n) is 2.51. The van der Waals surface area contributed by atoms with E-state index in [0.29, 0.717) is 6.54 Å². The van der Waals surface area contributed by atoms with Crippen LogP contribution in [0.1, 0.15) is 11.3 Å². The third-order valence-corrected chi connectivity index (χ3v) is 4.58. The average Bonchev–Trinajstić information content (AvgIpc) is 2.94. The van der Waals surface area contributed by atoms with Crippen molar-refractivity contribution < 1.29 is 9.90 Å². The van der Waals surface area contributed by atoms with Crippen LogP contribution in [0, 0.1) is 5.92 Å². The van der Waals surface area contributed by atoms with Crippen LogP contribution in [0.25, 0.3) is 10.1 Å². The summed E-state index contributed by atoms with van der Waals surface area (Å²) in [5.41, 5.74) is 0. The maximum absolute atomic E-state index is 10.9. The molecule has 0 aliphatic carbocycles. The first-order valence-electron chi connectivity index (χ1n) is 6.15. The lowest BCUT2D eigenvalue weighted by atomic mass is 10.1. The minimum absolute atomic E-state index is 0.181. The van der Waals surface area contributed by atoms with E-state index >= 15 is 0 Å². The van der Waals surface area contributed by atoms with Crippen molar-refractivity contribution in [3.05, 3.63) is 35.2 Å². The number of aliphatic carboxylic acids is 1. The molecular weight excluding hydrogens is 246 g/mol. The van der Waals surface area contributed by atoms with Crippen molar-refractivity contribution in [2.75, 3.05) is 13.1 Å². The van der Waals surface area contributed by atoms with E-state index in [1.807, 2.05) is 0 Å². The molecule has 0 radical (unpaired) electrons. The average molecular weight is 261 g/mol. The molecule has 0 saturated carbocycles. The molecule has 1 saturated heterocycles. The first-order valence-corrected chi connectivity index (χ1v) is 6.96. The van der Waals surface area contributed by atoms with Gasteiger partial charge in [-0.1, -0.05) is 18.2 Å². The van der Waals surface area contributed by atoms with Crippen LogP contribution in [-0.4, -0.2) is 29.1 Å². The Balaban J connectivity index is 1.71. The van der Waals surface area contributed by atoms with Gasteiger partial charge in [-0.3, -0.25) is 9.69 Å². The first kappa shape index (κ1) is 11.7. The summed E-state index contributed by atoms with van der Waals surface area (Å²) in [5.74, 6) is -0.840. The number of benzene rings is 1. The molecular formula is C14H15NO2S. The summed E-state index contributed by atoms with van der Waals surface area (Å²) in [6, 6.07) is 10.6. The van der Waals surface area contributed by atoms with E-state index in [1.54, 1.807) is 11.3 Å². The normalized spacial score (nSPS) is 20.6. The van der Waals surface area contributed by atoms with E-state index < -0.39 is 5.97 Å². The number of nitrogens with zero attached hydrogens (tertiary/aromatic N) is 1. The van der Waals surface area contributed by atoms with Crippen LogP contribution >= 0.6 is 11.3 Å². The Morgan fingerprint density at radius 3 is 3.00 bits per heavy atom. The lowest BCUT2D eigenvalue weighted by molar-refractivity contribution is -0.141. The second kappa shape index (κ2) is 4.71. The van der Waals surface area contributed by atoms with Crippen molar-refractivity contribution in [1.82, 2.24) is 4.90 Å². The monoisotopic (exact) mass is 261 g/mol. The number of fused-ring (bicyclic) bond motifs is 1. The highest BCUT2D eigenvalue weighted by atomic mass is 32.1. The third kappa shape index (κ3) is 2.26. The molecule has 1 aromatic heterocycles. The van der Waals surface area contributed by atoms with Gasteiger partial charge in [-0.05, 0) is 30.5 Å². The van der Waals surface area contributed by atoms with Gasteiger partial charge in [0.25, 0.3) is 0 Å². The molecule has 18 heavy (non-hydrogen) atoms. The molecule has 0 spiro atoms. The molecule has 94 valence electrons. The standard InChI is InChI=1S/C14H15NO2S/c16-14(17)11-5-6-15(8-11)9-12-7-10-3-1-2-4-13(10)18-12/h1-4,7,11H,5-6,8-9H2,(H,16,17). The van der Waals surface area contributed by atoms with Crippen LogP contribution < -0.4 is 0 Å². The van der Waals surface area contributed by atoms with E-state index in [1.165, 1.54) is 15.0 Å². The van der Waals surface area contributed by atoms with Gasteiger partial charge in [0.05, 0.1) is 5.92 Å². The molecule has 2 aromatic rings. The molecule has 3 nitrogen and oxygen atoms in total. The van der Waals surface area contributed by atoms with Crippen molar-refractivity contribution in [2.24, 2.45) is 5.92 Å². The van der Waals surface area contributed by atoms with Crippen LogP contribution in [0.3, 0.4) is 0 Å². The second-order valence-corrected chi connectivity index (χ2v) is 5.98. The van der Waals surface area contributed by atoms with E-state index in [-0.39, 0.29) is 5.92 Å². The zero-order chi connectivity index (χ0) is 12.5. The summed E-state index contributed by atoms with van der Waals surface area (Å²) in [5, 5.41) is 10.3. The molecule has 1 atom stereocenters. The number of thiophene rings is 1. The number of rotatable bonds is 3. The Kier molecular flexibility index (Phi) is 3.06. The predicted octanol–water partition coefficient (Wildman–Crippen LogP) is 2.81. The summed E-state index contributed by atoms with van der Waals surface area (Å²) in [4.78, 5) is 14.5. The van der Waals surface area contributed by atoms with Gasteiger partial charge in [-0.2, -0.15) is 0 Å². The summed E-state index contributed by atoms with van der Waals surface area (Å²) < 4.78 is 1.31. The van der Waals surface area contributed by atoms with Gasteiger partial charge >= 0.3 is 5.97 Å². The highest BCUT2D eigenvalue weighted by molar-refractivity contribution is 7.19. The smallest absolute Gasteiger partial charge is 0.307 e. The summed E-state index contributed by atoms with van der Waals surface area (Å²) in [6.07, 6.45) is 0.778. The Morgan fingerprint density at radius 1 is 1.44 bits per heavy atom. The Morgan fingerprint density at radius 2 is 2.28 bits per heavy atom. The van der Waals surface area contributed by atoms with Gasteiger partial charge in [-0.15, -0.1) is 11.3 Å². The third-order valence-electron chi connectivity index (χ3n) is 3.48. The SMILES string of the molecule is O=C(O)C1CCN(Cc2cc3ccccc3s2)C1. The minimum Gasteiger partial charge on any atom is -0.481 e. The molecule has 1 aliphatic heterocycles. The number of carboxylic acid groups (broad SMARTS) is 1. The maximum atomic E-state index is 10.9. The largest absolute Gasteiger partial charge is 0.481 e. The summed E-state index contributed by atoms with van der Waals surface area (Å²) in [7, 11) is 0. The van der Waals surface area contributed by atoms with Crippen LogP contribution in [0.2, 0.25) is 0 Å². The molecule has 1 fully saturated rings. The highest BCUT2D eigenvalue weighted by Crippen LogP contribution is 2.28. The highest BCUT2D eigenvalue weighted by Gasteiger charge is 2.27. The molecule has 1 N–H and O–H groups in total. The zero-order valence-corrected chi connectivity index (χ0v) is 10.8. The van der Waals surface area contributed by atoms with Crippen molar-refractivity contribution in [3.63, 3.8) is 0 Å². The topological polar surface area (TPSA) is 40.5 Å². The number of hydrogen-bond donors (Lipinski definition) is 1. The van der Waals surface area contributed by atoms with E-state index in [4.69, 9.17) is 5.11 Å². The summed E-state index contributed by atoms with van der Waals surface area (Å²) in [6.45, 7) is 2.46. The van der Waals surface area contributed by atoms with Gasteiger partial charge < -0.3 is 5.11 Å². The fraction of sp³-hybridized carbons (Fsp3) is 0.357. The van der Waals surface area contributed by atoms with Gasteiger partial charge in [0.15, 0.2) is 0 Å². The molecule has 1 aliphatic rings. The fourth-order valence-corrected chi connectivity index (χ4v) is 3.62. The predicted molar refractivity (Wildman–Crippen MR) is 72.8 cm³/mol. The molecule has 0 amide bonds. The Bertz CT molecular complexity index is 545. The van der Waals surface area contributed by atoms with Gasteiger partial charge in [0.1, 0.15) is 0 Å². The quantitative estimate of drug-likeness (QED) is 0.923. The van der Waals surface area contributed by atoms with Crippen LogP contribution in [0.4, 0.5) is 0 Å². The van der Waals surface area contributed by atoms with E-state index in [2.05, 4.69) is 35.2 Å². The molecule has 1 unspecified atom stereocenters. The van der Waals surface area contributed by atoms with E-state index in [0.717, 1.165) is 19.5 Å². The van der Waals surface area contributed by atoms with Crippen LogP contribution in [0.5, 0.6) is 0 Å². The molecule has 3 rings (SSSR count). The van der Waals surface area contributed by atoms with Crippen molar-refractivity contribution in [2.45, 2.75) is 13.0 Å². The summed E-state index contributed by atoms with van der Waals surface area (Å²) >= 11 is 1.80. The number of carboxylic acids is 1. The number of likely N-dealkylation sites (tertiary alicyclic amines) is 1. The molecule has 2 heterocycles. The lowest BCUT2D eigenvalue weighted by Crippen LogP contribution is -2.22. The molecule has 0 bridgehead atoms. The zero-order valence-electron chi connectivity index (χ0n) is 10.0. The van der Waals surface area contributed by atoms with Gasteiger partial charge in [0.2, 0.25) is 0 Å².